The van der Waals surface area contributed by atoms with E-state index < -0.39 is 6.61 Å². The number of carbonyl (C=O) groups excluding carboxylic acids is 1. The summed E-state index contributed by atoms with van der Waals surface area (Å²) in [4.78, 5) is 29.3. The largest absolute Gasteiger partial charge is 0.497 e. The number of methoxy groups -OCH3 is 1. The first-order chi connectivity index (χ1) is 16.8. The van der Waals surface area contributed by atoms with Gasteiger partial charge >= 0.3 is 12.6 Å². The van der Waals surface area contributed by atoms with Crippen LogP contribution in [0.4, 0.5) is 25.1 Å². The number of hydrogen-bond donors (Lipinski definition) is 1. The number of hydrogen-bond acceptors (Lipinski definition) is 7. The molecule has 0 saturated carbocycles. The third kappa shape index (κ3) is 5.73. The summed E-state index contributed by atoms with van der Waals surface area (Å²) in [5, 5.41) is 3.39. The first-order valence-corrected chi connectivity index (χ1v) is 11.0. The van der Waals surface area contributed by atoms with Crippen molar-refractivity contribution in [1.82, 2.24) is 19.9 Å². The number of aryl methyl sites for hydroxylation is 1. The predicted molar refractivity (Wildman–Crippen MR) is 127 cm³/mol. The van der Waals surface area contributed by atoms with Gasteiger partial charge in [-0.3, -0.25) is 4.90 Å². The summed E-state index contributed by atoms with van der Waals surface area (Å²) < 4.78 is 35.0. The predicted octanol–water partition coefficient (Wildman–Crippen LogP) is 4.20. The fraction of sp³-hybridized carbons (Fsp3) is 0.333. The smallest absolute Gasteiger partial charge is 0.387 e. The highest BCUT2D eigenvalue weighted by Gasteiger charge is 2.29. The van der Waals surface area contributed by atoms with E-state index in [-0.39, 0.29) is 17.8 Å². The fourth-order valence-electron chi connectivity index (χ4n) is 3.94. The topological polar surface area (TPSA) is 92.7 Å². The number of aromatic nitrogens is 3. The van der Waals surface area contributed by atoms with E-state index in [0.29, 0.717) is 36.2 Å². The molecule has 1 aromatic carbocycles. The summed E-state index contributed by atoms with van der Waals surface area (Å²) in [5.41, 5.74) is 2.04. The zero-order valence-corrected chi connectivity index (χ0v) is 19.6. The Morgan fingerprint density at radius 3 is 2.63 bits per heavy atom. The minimum Gasteiger partial charge on any atom is -0.497 e. The van der Waals surface area contributed by atoms with Gasteiger partial charge in [0.15, 0.2) is 5.82 Å². The van der Waals surface area contributed by atoms with Crippen LogP contribution in [-0.2, 0) is 0 Å². The van der Waals surface area contributed by atoms with E-state index in [1.165, 1.54) is 24.1 Å². The quantitative estimate of drug-likeness (QED) is 0.537. The molecule has 3 heterocycles. The second kappa shape index (κ2) is 10.5. The number of carbonyl (C=O) groups is 1. The Bertz CT molecular complexity index is 1180. The van der Waals surface area contributed by atoms with Crippen LogP contribution in [0.3, 0.4) is 0 Å². The molecule has 35 heavy (non-hydrogen) atoms. The highest BCUT2D eigenvalue weighted by atomic mass is 19.3. The van der Waals surface area contributed by atoms with Gasteiger partial charge < -0.3 is 19.7 Å². The van der Waals surface area contributed by atoms with Gasteiger partial charge in [-0.1, -0.05) is 0 Å². The van der Waals surface area contributed by atoms with Gasteiger partial charge in [0.1, 0.15) is 17.3 Å². The summed E-state index contributed by atoms with van der Waals surface area (Å²) in [6.07, 6.45) is 4.11. The van der Waals surface area contributed by atoms with Crippen LogP contribution in [0.25, 0.3) is 11.4 Å². The van der Waals surface area contributed by atoms with Crippen molar-refractivity contribution in [3.05, 3.63) is 54.5 Å². The van der Waals surface area contributed by atoms with Gasteiger partial charge in [0.25, 0.3) is 0 Å². The zero-order valence-electron chi connectivity index (χ0n) is 19.6. The van der Waals surface area contributed by atoms with Crippen LogP contribution in [0, 0.1) is 6.92 Å². The van der Waals surface area contributed by atoms with Gasteiger partial charge in [-0.05, 0) is 31.5 Å². The fourth-order valence-corrected chi connectivity index (χ4v) is 3.94. The Morgan fingerprint density at radius 1 is 1.20 bits per heavy atom. The normalized spacial score (nSPS) is 15.3. The molecule has 11 heteroatoms. The number of pyridine rings is 1. The van der Waals surface area contributed by atoms with E-state index in [1.807, 2.05) is 19.1 Å². The number of nitrogens with one attached hydrogen (secondary N) is 1. The molecule has 1 aliphatic heterocycles. The summed E-state index contributed by atoms with van der Waals surface area (Å²) in [6.45, 7) is -0.0677. The van der Waals surface area contributed by atoms with Crippen molar-refractivity contribution < 1.29 is 23.0 Å². The molecule has 0 aliphatic carbocycles. The number of rotatable bonds is 7. The molecule has 1 atom stereocenters. The highest BCUT2D eigenvalue weighted by Crippen LogP contribution is 2.30. The Morgan fingerprint density at radius 2 is 1.94 bits per heavy atom. The molecule has 1 saturated heterocycles. The highest BCUT2D eigenvalue weighted by molar-refractivity contribution is 5.92. The summed E-state index contributed by atoms with van der Waals surface area (Å²) in [6, 6.07) is 9.62. The van der Waals surface area contributed by atoms with E-state index in [9.17, 15) is 13.6 Å². The number of ether oxygens (including phenoxy) is 2. The monoisotopic (exact) mass is 484 g/mol. The first kappa shape index (κ1) is 24.1. The molecule has 2 aromatic heterocycles. The number of amides is 2. The van der Waals surface area contributed by atoms with Crippen molar-refractivity contribution in [1.29, 1.82) is 0 Å². The summed E-state index contributed by atoms with van der Waals surface area (Å²) in [5.74, 6) is 1.55. The second-order valence-corrected chi connectivity index (χ2v) is 8.06. The summed E-state index contributed by atoms with van der Waals surface area (Å²) in [7, 11) is 3.00. The van der Waals surface area contributed by atoms with Crippen molar-refractivity contribution in [2.24, 2.45) is 0 Å². The molecule has 0 unspecified atom stereocenters. The van der Waals surface area contributed by atoms with Crippen molar-refractivity contribution in [3.8, 4) is 22.9 Å². The van der Waals surface area contributed by atoms with Crippen LogP contribution in [0.5, 0.6) is 11.5 Å². The Balaban J connectivity index is 1.40. The molecular formula is C24H26F2N6O3. The lowest BCUT2D eigenvalue weighted by Crippen LogP contribution is -2.41. The lowest BCUT2D eigenvalue weighted by Gasteiger charge is -2.25. The number of alkyl halides is 2. The minimum atomic E-state index is -2.98. The third-order valence-electron chi connectivity index (χ3n) is 5.70. The first-order valence-electron chi connectivity index (χ1n) is 11.0. The molecule has 184 valence electrons. The van der Waals surface area contributed by atoms with Crippen LogP contribution < -0.4 is 19.7 Å². The van der Waals surface area contributed by atoms with E-state index in [0.717, 1.165) is 17.7 Å². The van der Waals surface area contributed by atoms with Gasteiger partial charge in [0, 0.05) is 62.3 Å². The lowest BCUT2D eigenvalue weighted by molar-refractivity contribution is -0.0498. The maximum Gasteiger partial charge on any atom is 0.387 e. The standard InChI is InChI=1S/C24H26F2N6O3/c1-15-20(22-27-8-4-9-28-22)5-6-21(29-15)30-16-7-10-32(14-16)24(33)31(2)17-11-18(34-3)13-19(12-17)35-23(25)26/h4-6,8-9,11-13,16,23H,7,10,14H2,1-3H3,(H,29,30)/t16-/m0/s1. The lowest BCUT2D eigenvalue weighted by atomic mass is 10.2. The molecule has 1 aliphatic rings. The number of anilines is 2. The molecular weight excluding hydrogens is 458 g/mol. The maximum atomic E-state index is 13.1. The van der Waals surface area contributed by atoms with E-state index in [1.54, 1.807) is 36.5 Å². The molecule has 0 bridgehead atoms. The van der Waals surface area contributed by atoms with Gasteiger partial charge in [0.2, 0.25) is 0 Å². The van der Waals surface area contributed by atoms with Crippen LogP contribution in [0.1, 0.15) is 12.1 Å². The van der Waals surface area contributed by atoms with E-state index >= 15 is 0 Å². The van der Waals surface area contributed by atoms with Crippen LogP contribution in [-0.4, -0.2) is 65.8 Å². The Kier molecular flexibility index (Phi) is 7.23. The molecule has 0 spiro atoms. The molecule has 2 amide bonds. The van der Waals surface area contributed by atoms with Crippen molar-refractivity contribution >= 4 is 17.5 Å². The molecule has 1 fully saturated rings. The number of nitrogens with zero attached hydrogens (tertiary/aromatic N) is 5. The number of urea groups is 1. The number of halogens is 2. The Labute approximate surface area is 201 Å². The molecule has 3 aromatic rings. The van der Waals surface area contributed by atoms with Gasteiger partial charge in [-0.25, -0.2) is 19.7 Å². The zero-order chi connectivity index (χ0) is 24.9. The van der Waals surface area contributed by atoms with Crippen molar-refractivity contribution in [2.75, 3.05) is 37.5 Å². The summed E-state index contributed by atoms with van der Waals surface area (Å²) >= 11 is 0. The van der Waals surface area contributed by atoms with Gasteiger partial charge in [-0.2, -0.15) is 8.78 Å². The van der Waals surface area contributed by atoms with Crippen molar-refractivity contribution in [3.63, 3.8) is 0 Å². The van der Waals surface area contributed by atoms with Crippen molar-refractivity contribution in [2.45, 2.75) is 26.0 Å². The van der Waals surface area contributed by atoms with Gasteiger partial charge in [-0.15, -0.1) is 0 Å². The average molecular weight is 485 g/mol. The van der Waals surface area contributed by atoms with Crippen LogP contribution in [0.2, 0.25) is 0 Å². The minimum absolute atomic E-state index is 0.0149. The number of benzene rings is 1. The third-order valence-corrected chi connectivity index (χ3v) is 5.70. The average Bonchev–Trinajstić information content (AvgIpc) is 3.31. The molecule has 0 radical (unpaired) electrons. The van der Waals surface area contributed by atoms with Gasteiger partial charge in [0.05, 0.1) is 18.5 Å². The number of likely N-dealkylation sites (tertiary alicyclic amines) is 1. The second-order valence-electron chi connectivity index (χ2n) is 8.06. The maximum absolute atomic E-state index is 13.1. The molecule has 4 rings (SSSR count). The van der Waals surface area contributed by atoms with E-state index in [4.69, 9.17) is 4.74 Å². The molecule has 1 N–H and O–H groups in total. The molecule has 9 nitrogen and oxygen atoms in total. The van der Waals surface area contributed by atoms with Crippen LogP contribution in [0.15, 0.2) is 48.8 Å². The Hall–Kier alpha value is -4.02. The SMILES string of the molecule is COc1cc(OC(F)F)cc(N(C)C(=O)N2CC[C@H](Nc3ccc(-c4ncccn4)c(C)n3)C2)c1. The van der Waals surface area contributed by atoms with E-state index in [2.05, 4.69) is 25.0 Å². The van der Waals surface area contributed by atoms with Crippen LogP contribution >= 0.6 is 0 Å².